The number of hydrogen-bond acceptors (Lipinski definition) is 4. The molecule has 0 aromatic heterocycles. The molecule has 3 aromatic rings. The van der Waals surface area contributed by atoms with Crippen molar-refractivity contribution in [1.82, 2.24) is 4.90 Å². The van der Waals surface area contributed by atoms with Crippen LogP contribution in [0.25, 0.3) is 0 Å². The molecule has 0 saturated carbocycles. The zero-order chi connectivity index (χ0) is 22.0. The summed E-state index contributed by atoms with van der Waals surface area (Å²) < 4.78 is 0. The van der Waals surface area contributed by atoms with E-state index >= 15 is 0 Å². The van der Waals surface area contributed by atoms with Gasteiger partial charge >= 0.3 is 0 Å². The lowest BCUT2D eigenvalue weighted by Gasteiger charge is -2.36. The maximum atomic E-state index is 13.3. The van der Waals surface area contributed by atoms with E-state index in [0.717, 1.165) is 16.8 Å². The largest absolute Gasteiger partial charge is 0.506 e. The predicted octanol–water partition coefficient (Wildman–Crippen LogP) is 4.20. The lowest BCUT2D eigenvalue weighted by Crippen LogP contribution is -2.49. The van der Waals surface area contributed by atoms with E-state index in [-0.39, 0.29) is 17.4 Å². The average Bonchev–Trinajstić information content (AvgIpc) is 2.80. The van der Waals surface area contributed by atoms with Crippen molar-refractivity contribution in [3.63, 3.8) is 0 Å². The molecule has 0 aliphatic carbocycles. The minimum atomic E-state index is -0.139. The van der Waals surface area contributed by atoms with Crippen LogP contribution in [0, 0.1) is 13.8 Å². The SMILES string of the molecule is Cc1ccc(C(=O)c2ccccc2C(=O)N2CCN(c3ccccc3O)CC2)cc1C. The third kappa shape index (κ3) is 4.17. The molecule has 0 bridgehead atoms. The molecule has 0 unspecified atom stereocenters. The van der Waals surface area contributed by atoms with Gasteiger partial charge in [-0.3, -0.25) is 9.59 Å². The molecule has 1 aliphatic rings. The molecule has 4 rings (SSSR count). The van der Waals surface area contributed by atoms with Crippen LogP contribution in [-0.2, 0) is 0 Å². The minimum Gasteiger partial charge on any atom is -0.506 e. The first-order valence-electron chi connectivity index (χ1n) is 10.5. The molecule has 1 saturated heterocycles. The fraction of sp³-hybridized carbons (Fsp3) is 0.231. The molecule has 0 radical (unpaired) electrons. The number of benzene rings is 3. The molecule has 31 heavy (non-hydrogen) atoms. The number of phenolic OH excluding ortho intramolecular Hbond substituents is 1. The summed E-state index contributed by atoms with van der Waals surface area (Å²) in [6.45, 7) is 6.29. The standard InChI is InChI=1S/C26H26N2O3/c1-18-11-12-20(17-19(18)2)25(30)21-7-3-4-8-22(21)26(31)28-15-13-27(14-16-28)23-9-5-6-10-24(23)29/h3-12,17,29H,13-16H2,1-2H3. The van der Waals surface area contributed by atoms with Crippen molar-refractivity contribution in [2.75, 3.05) is 31.1 Å². The number of aromatic hydroxyl groups is 1. The van der Waals surface area contributed by atoms with Gasteiger partial charge in [-0.25, -0.2) is 0 Å². The van der Waals surface area contributed by atoms with E-state index in [1.54, 1.807) is 41.3 Å². The Morgan fingerprint density at radius 2 is 1.42 bits per heavy atom. The molecule has 5 nitrogen and oxygen atoms in total. The first-order chi connectivity index (χ1) is 15.0. The van der Waals surface area contributed by atoms with Gasteiger partial charge in [0.2, 0.25) is 0 Å². The van der Waals surface area contributed by atoms with Crippen molar-refractivity contribution < 1.29 is 14.7 Å². The number of anilines is 1. The molecule has 1 fully saturated rings. The average molecular weight is 415 g/mol. The van der Waals surface area contributed by atoms with E-state index in [0.29, 0.717) is 42.9 Å². The summed E-state index contributed by atoms with van der Waals surface area (Å²) in [4.78, 5) is 30.3. The van der Waals surface area contributed by atoms with Crippen LogP contribution >= 0.6 is 0 Å². The highest BCUT2D eigenvalue weighted by atomic mass is 16.3. The summed E-state index contributed by atoms with van der Waals surface area (Å²) in [5, 5.41) is 10.1. The van der Waals surface area contributed by atoms with Crippen LogP contribution in [0.4, 0.5) is 5.69 Å². The number of para-hydroxylation sites is 2. The van der Waals surface area contributed by atoms with E-state index in [1.165, 1.54) is 0 Å². The van der Waals surface area contributed by atoms with Crippen LogP contribution in [0.2, 0.25) is 0 Å². The van der Waals surface area contributed by atoms with Crippen molar-refractivity contribution >= 4 is 17.4 Å². The molecular weight excluding hydrogens is 388 g/mol. The molecule has 1 amide bonds. The molecule has 0 spiro atoms. The quantitative estimate of drug-likeness (QED) is 0.650. The summed E-state index contributed by atoms with van der Waals surface area (Å²) in [5.41, 5.74) is 4.41. The van der Waals surface area contributed by atoms with Gasteiger partial charge in [0.05, 0.1) is 11.3 Å². The van der Waals surface area contributed by atoms with Gasteiger partial charge in [0.25, 0.3) is 5.91 Å². The molecular formula is C26H26N2O3. The molecule has 1 heterocycles. The van der Waals surface area contributed by atoms with Crippen LogP contribution in [-0.4, -0.2) is 47.9 Å². The molecule has 158 valence electrons. The number of carbonyl (C=O) groups is 2. The number of carbonyl (C=O) groups excluding carboxylic acids is 2. The van der Waals surface area contributed by atoms with Gasteiger partial charge in [-0.15, -0.1) is 0 Å². The second-order valence-electron chi connectivity index (χ2n) is 7.94. The van der Waals surface area contributed by atoms with Gasteiger partial charge in [-0.2, -0.15) is 0 Å². The van der Waals surface area contributed by atoms with E-state index < -0.39 is 0 Å². The summed E-state index contributed by atoms with van der Waals surface area (Å²) >= 11 is 0. The Bertz CT molecular complexity index is 1130. The van der Waals surface area contributed by atoms with Crippen molar-refractivity contribution in [2.45, 2.75) is 13.8 Å². The Hall–Kier alpha value is -3.60. The maximum absolute atomic E-state index is 13.3. The molecule has 3 aromatic carbocycles. The van der Waals surface area contributed by atoms with Gasteiger partial charge in [-0.1, -0.05) is 42.5 Å². The Morgan fingerprint density at radius 3 is 2.10 bits per heavy atom. The second kappa shape index (κ2) is 8.64. The second-order valence-corrected chi connectivity index (χ2v) is 7.94. The fourth-order valence-corrected chi connectivity index (χ4v) is 3.96. The van der Waals surface area contributed by atoms with Crippen LogP contribution in [0.3, 0.4) is 0 Å². The highest BCUT2D eigenvalue weighted by Crippen LogP contribution is 2.27. The number of ketones is 1. The van der Waals surface area contributed by atoms with Crippen molar-refractivity contribution in [3.05, 3.63) is 94.5 Å². The van der Waals surface area contributed by atoms with E-state index in [9.17, 15) is 14.7 Å². The predicted molar refractivity (Wildman–Crippen MR) is 122 cm³/mol. The Morgan fingerprint density at radius 1 is 0.774 bits per heavy atom. The monoisotopic (exact) mass is 414 g/mol. The van der Waals surface area contributed by atoms with Crippen LogP contribution in [0.5, 0.6) is 5.75 Å². The van der Waals surface area contributed by atoms with Gasteiger partial charge < -0.3 is 14.9 Å². The number of nitrogens with zero attached hydrogens (tertiary/aromatic N) is 2. The van der Waals surface area contributed by atoms with Crippen molar-refractivity contribution in [1.29, 1.82) is 0 Å². The van der Waals surface area contributed by atoms with Gasteiger partial charge in [-0.05, 0) is 49.2 Å². The van der Waals surface area contributed by atoms with Gasteiger partial charge in [0.1, 0.15) is 5.75 Å². The number of aryl methyl sites for hydroxylation is 2. The Kier molecular flexibility index (Phi) is 5.76. The van der Waals surface area contributed by atoms with Crippen molar-refractivity contribution in [3.8, 4) is 5.75 Å². The Labute approximate surface area is 182 Å². The third-order valence-electron chi connectivity index (χ3n) is 5.96. The summed E-state index contributed by atoms with van der Waals surface area (Å²) in [6.07, 6.45) is 0. The summed E-state index contributed by atoms with van der Waals surface area (Å²) in [7, 11) is 0. The normalized spacial score (nSPS) is 13.9. The highest BCUT2D eigenvalue weighted by molar-refractivity contribution is 6.15. The topological polar surface area (TPSA) is 60.9 Å². The number of rotatable bonds is 4. The van der Waals surface area contributed by atoms with E-state index in [1.807, 2.05) is 44.2 Å². The lowest BCUT2D eigenvalue weighted by atomic mass is 9.95. The lowest BCUT2D eigenvalue weighted by molar-refractivity contribution is 0.0742. The molecule has 0 atom stereocenters. The smallest absolute Gasteiger partial charge is 0.254 e. The first kappa shape index (κ1) is 20.7. The van der Waals surface area contributed by atoms with Crippen LogP contribution < -0.4 is 4.90 Å². The van der Waals surface area contributed by atoms with Crippen LogP contribution in [0.1, 0.15) is 37.4 Å². The summed E-state index contributed by atoms with van der Waals surface area (Å²) in [6, 6.07) is 19.9. The molecule has 1 N–H and O–H groups in total. The summed E-state index contributed by atoms with van der Waals surface area (Å²) in [5.74, 6) is -0.0313. The van der Waals surface area contributed by atoms with Crippen LogP contribution in [0.15, 0.2) is 66.7 Å². The van der Waals surface area contributed by atoms with E-state index in [2.05, 4.69) is 4.90 Å². The third-order valence-corrected chi connectivity index (χ3v) is 5.96. The van der Waals surface area contributed by atoms with Gasteiger partial charge in [0.15, 0.2) is 5.78 Å². The van der Waals surface area contributed by atoms with Crippen molar-refractivity contribution in [2.24, 2.45) is 0 Å². The Balaban J connectivity index is 1.53. The van der Waals surface area contributed by atoms with Gasteiger partial charge in [0, 0.05) is 37.3 Å². The zero-order valence-electron chi connectivity index (χ0n) is 17.8. The number of amides is 1. The molecule has 1 aliphatic heterocycles. The fourth-order valence-electron chi connectivity index (χ4n) is 3.96. The highest BCUT2D eigenvalue weighted by Gasteiger charge is 2.26. The first-order valence-corrected chi connectivity index (χ1v) is 10.5. The maximum Gasteiger partial charge on any atom is 0.254 e. The molecule has 5 heteroatoms. The minimum absolute atomic E-state index is 0.135. The van der Waals surface area contributed by atoms with E-state index in [4.69, 9.17) is 0 Å². The number of phenols is 1. The number of hydrogen-bond donors (Lipinski definition) is 1. The zero-order valence-corrected chi connectivity index (χ0v) is 17.8. The number of piperazine rings is 1.